The van der Waals surface area contributed by atoms with E-state index >= 15 is 0 Å². The number of alkyl halides is 3. The molecule has 0 radical (unpaired) electrons. The zero-order chi connectivity index (χ0) is 30.8. The molecule has 2 aliphatic rings. The van der Waals surface area contributed by atoms with Gasteiger partial charge in [0.2, 0.25) is 0 Å². The fourth-order valence-corrected chi connectivity index (χ4v) is 5.75. The van der Waals surface area contributed by atoms with Crippen molar-refractivity contribution in [2.45, 2.75) is 50.9 Å². The normalized spacial score (nSPS) is 20.3. The Bertz CT molecular complexity index is 1540. The second-order valence-corrected chi connectivity index (χ2v) is 10.7. The maximum Gasteiger partial charge on any atom is 0.416 e. The van der Waals surface area contributed by atoms with Gasteiger partial charge in [0.15, 0.2) is 0 Å². The van der Waals surface area contributed by atoms with E-state index < -0.39 is 29.4 Å². The van der Waals surface area contributed by atoms with Crippen LogP contribution in [0.25, 0.3) is 0 Å². The maximum absolute atomic E-state index is 13.9. The zero-order valence-electron chi connectivity index (χ0n) is 24.0. The van der Waals surface area contributed by atoms with Gasteiger partial charge < -0.3 is 20.1 Å². The quantitative estimate of drug-likeness (QED) is 0.406. The Kier molecular flexibility index (Phi) is 8.57. The number of nitrogens with two attached hydrogens (primary N) is 1. The number of morpholine rings is 1. The van der Waals surface area contributed by atoms with Crippen molar-refractivity contribution in [1.29, 1.82) is 5.26 Å². The van der Waals surface area contributed by atoms with Crippen LogP contribution in [-0.4, -0.2) is 54.6 Å². The van der Waals surface area contributed by atoms with E-state index in [0.29, 0.717) is 56.2 Å². The third-order valence-corrected chi connectivity index (χ3v) is 7.99. The third kappa shape index (κ3) is 6.14. The smallest absolute Gasteiger partial charge is 0.416 e. The van der Waals surface area contributed by atoms with Crippen molar-refractivity contribution in [3.05, 3.63) is 82.4 Å². The van der Waals surface area contributed by atoms with E-state index in [2.05, 4.69) is 11.0 Å². The second kappa shape index (κ2) is 12.2. The van der Waals surface area contributed by atoms with Crippen molar-refractivity contribution in [1.82, 2.24) is 9.97 Å². The molecule has 5 rings (SSSR count). The molecule has 9 nitrogen and oxygen atoms in total. The molecule has 0 unspecified atom stereocenters. The average Bonchev–Trinajstić information content (AvgIpc) is 3.00. The van der Waals surface area contributed by atoms with Crippen molar-refractivity contribution in [3.8, 4) is 6.07 Å². The van der Waals surface area contributed by atoms with Crippen LogP contribution < -0.4 is 15.5 Å². The van der Waals surface area contributed by atoms with Crippen molar-refractivity contribution in [2.24, 2.45) is 5.73 Å². The van der Waals surface area contributed by atoms with Gasteiger partial charge in [0, 0.05) is 25.4 Å². The number of amides is 1. The van der Waals surface area contributed by atoms with Crippen LogP contribution in [0, 0.1) is 11.3 Å². The van der Waals surface area contributed by atoms with Gasteiger partial charge in [0.05, 0.1) is 60.3 Å². The highest BCUT2D eigenvalue weighted by Gasteiger charge is 2.47. The van der Waals surface area contributed by atoms with Crippen molar-refractivity contribution < 1.29 is 27.4 Å². The first-order valence-corrected chi connectivity index (χ1v) is 14.2. The van der Waals surface area contributed by atoms with Gasteiger partial charge in [-0.3, -0.25) is 4.90 Å². The number of ether oxygens (including phenoxy) is 2. The lowest BCUT2D eigenvalue weighted by atomic mass is 9.80. The molecule has 3 heterocycles. The fourth-order valence-electron chi connectivity index (χ4n) is 5.75. The van der Waals surface area contributed by atoms with Gasteiger partial charge in [-0.1, -0.05) is 19.1 Å². The summed E-state index contributed by atoms with van der Waals surface area (Å²) < 4.78 is 52.5. The molecule has 12 heteroatoms. The Morgan fingerprint density at radius 1 is 1.19 bits per heavy atom. The molecule has 1 amide bonds. The number of nitrogens with zero attached hydrogens (tertiary/aromatic N) is 5. The minimum Gasteiger partial charge on any atom is -0.449 e. The van der Waals surface area contributed by atoms with Gasteiger partial charge in [0.1, 0.15) is 11.5 Å². The molecule has 2 aromatic carbocycles. The Morgan fingerprint density at radius 3 is 2.63 bits per heavy atom. The number of anilines is 2. The summed E-state index contributed by atoms with van der Waals surface area (Å²) in [6, 6.07) is 12.6. The molecular weight excluding hydrogens is 561 g/mol. The molecule has 226 valence electrons. The highest BCUT2D eigenvalue weighted by Crippen LogP contribution is 2.47. The minimum absolute atomic E-state index is 0.0802. The van der Waals surface area contributed by atoms with Crippen LogP contribution in [0.4, 0.5) is 29.3 Å². The maximum atomic E-state index is 13.9. The monoisotopic (exact) mass is 594 g/mol. The SMILES string of the molecule is CCOC(=O)N1c2ccc(C(F)(F)F)cc2[C@@H](c2ncc(N3CCOCC3)c(Cc3cccc(C#N)c3)n2)C[C@@]1(N)CC. The highest BCUT2D eigenvalue weighted by molar-refractivity contribution is 5.91. The first-order chi connectivity index (χ1) is 20.6. The van der Waals surface area contributed by atoms with Crippen molar-refractivity contribution in [3.63, 3.8) is 0 Å². The predicted molar refractivity (Wildman–Crippen MR) is 154 cm³/mol. The van der Waals surface area contributed by atoms with Crippen LogP contribution in [-0.2, 0) is 22.1 Å². The number of fused-ring (bicyclic) bond motifs is 1. The number of benzene rings is 2. The Hall–Kier alpha value is -4.21. The lowest BCUT2D eigenvalue weighted by Gasteiger charge is -2.46. The van der Waals surface area contributed by atoms with Crippen LogP contribution in [0.15, 0.2) is 48.7 Å². The van der Waals surface area contributed by atoms with E-state index in [9.17, 15) is 23.2 Å². The second-order valence-electron chi connectivity index (χ2n) is 10.7. The first kappa shape index (κ1) is 30.3. The highest BCUT2D eigenvalue weighted by atomic mass is 19.4. The Labute approximate surface area is 248 Å². The first-order valence-electron chi connectivity index (χ1n) is 14.2. The summed E-state index contributed by atoms with van der Waals surface area (Å²) >= 11 is 0. The van der Waals surface area contributed by atoms with Crippen LogP contribution >= 0.6 is 0 Å². The number of halogens is 3. The number of aromatic nitrogens is 2. The topological polar surface area (TPSA) is 118 Å². The lowest BCUT2D eigenvalue weighted by molar-refractivity contribution is -0.137. The van der Waals surface area contributed by atoms with Gasteiger partial charge in [-0.2, -0.15) is 18.4 Å². The number of hydrogen-bond donors (Lipinski definition) is 1. The van der Waals surface area contributed by atoms with Crippen molar-refractivity contribution >= 4 is 17.5 Å². The average molecular weight is 595 g/mol. The molecule has 3 aromatic rings. The molecule has 2 aliphatic heterocycles. The molecule has 0 bridgehead atoms. The van der Waals surface area contributed by atoms with E-state index in [1.54, 1.807) is 31.3 Å². The largest absolute Gasteiger partial charge is 0.449 e. The van der Waals surface area contributed by atoms with Crippen LogP contribution in [0.1, 0.15) is 66.4 Å². The minimum atomic E-state index is -4.60. The Morgan fingerprint density at radius 2 is 1.95 bits per heavy atom. The third-order valence-electron chi connectivity index (χ3n) is 7.99. The fraction of sp³-hybridized carbons (Fsp3) is 0.419. The molecule has 43 heavy (non-hydrogen) atoms. The predicted octanol–water partition coefficient (Wildman–Crippen LogP) is 5.36. The summed E-state index contributed by atoms with van der Waals surface area (Å²) in [6.07, 6.45) is -2.87. The summed E-state index contributed by atoms with van der Waals surface area (Å²) in [5.74, 6) is -0.438. The van der Waals surface area contributed by atoms with Gasteiger partial charge in [0.25, 0.3) is 0 Å². The number of carbonyl (C=O) groups excluding carboxylic acids is 1. The number of rotatable bonds is 6. The zero-order valence-corrected chi connectivity index (χ0v) is 24.0. The summed E-state index contributed by atoms with van der Waals surface area (Å²) in [5.41, 5.74) is 8.02. The molecule has 0 saturated carbocycles. The molecule has 2 atom stereocenters. The lowest BCUT2D eigenvalue weighted by Crippen LogP contribution is -2.61. The molecule has 0 spiro atoms. The molecule has 2 N–H and O–H groups in total. The van der Waals surface area contributed by atoms with E-state index in [-0.39, 0.29) is 24.3 Å². The van der Waals surface area contributed by atoms with Crippen molar-refractivity contribution in [2.75, 3.05) is 42.7 Å². The number of carbonyl (C=O) groups is 1. The van der Waals surface area contributed by atoms with Crippen LogP contribution in [0.2, 0.25) is 0 Å². The summed E-state index contributed by atoms with van der Waals surface area (Å²) in [4.78, 5) is 26.2. The van der Waals surface area contributed by atoms with Gasteiger partial charge in [-0.15, -0.1) is 0 Å². The number of nitriles is 1. The molecule has 1 saturated heterocycles. The summed E-state index contributed by atoms with van der Waals surface area (Å²) in [6.45, 7) is 5.89. The van der Waals surface area contributed by atoms with E-state index in [4.69, 9.17) is 25.2 Å². The van der Waals surface area contributed by atoms with E-state index in [1.165, 1.54) is 11.0 Å². The van der Waals surface area contributed by atoms with Gasteiger partial charge >= 0.3 is 12.3 Å². The van der Waals surface area contributed by atoms with E-state index in [0.717, 1.165) is 23.4 Å². The van der Waals surface area contributed by atoms with Crippen LogP contribution in [0.3, 0.4) is 0 Å². The van der Waals surface area contributed by atoms with Gasteiger partial charge in [-0.05, 0) is 61.2 Å². The molecular formula is C31H33F3N6O3. The Balaban J connectivity index is 1.66. The molecule has 0 aliphatic carbocycles. The molecule has 1 aromatic heterocycles. The summed E-state index contributed by atoms with van der Waals surface area (Å²) in [5, 5.41) is 9.41. The van der Waals surface area contributed by atoms with E-state index in [1.807, 2.05) is 13.0 Å². The standard InChI is InChI=1S/C31H33F3N6O3/c1-3-30(36)17-24(23-16-22(31(32,33)34)8-9-26(23)40(30)29(41)43-4-2)28-37-19-27(39-10-12-42-13-11-39)25(38-28)15-20-6-5-7-21(14-20)18-35/h5-9,14,16,19,24H,3-4,10-13,15,17,36H2,1-2H3/t24-,30+/m0/s1. The number of hydrogen-bond acceptors (Lipinski definition) is 8. The summed E-state index contributed by atoms with van der Waals surface area (Å²) in [7, 11) is 0. The molecule has 1 fully saturated rings. The van der Waals surface area contributed by atoms with Gasteiger partial charge in [-0.25, -0.2) is 14.8 Å². The van der Waals surface area contributed by atoms with Crippen LogP contribution in [0.5, 0.6) is 0 Å².